The standard InChI is InChI=1S/C16H18F2N8O/c1-7(2)21-10-4-12(20-6-9(10)16-22-8(3)26-27-16)24-13-5-11(19)23-15(25-13)14(17)18/h4-7,14H,1-3H3,(H4,19,20,21,23,24,25). The van der Waals surface area contributed by atoms with Gasteiger partial charge in [-0.15, -0.1) is 0 Å². The van der Waals surface area contributed by atoms with Crippen molar-refractivity contribution >= 4 is 23.1 Å². The molecule has 0 spiro atoms. The number of aromatic nitrogens is 5. The van der Waals surface area contributed by atoms with Gasteiger partial charge in [0.25, 0.3) is 12.3 Å². The topological polar surface area (TPSA) is 128 Å². The summed E-state index contributed by atoms with van der Waals surface area (Å²) in [6.45, 7) is 5.65. The van der Waals surface area contributed by atoms with Gasteiger partial charge >= 0.3 is 0 Å². The minimum atomic E-state index is -2.83. The Morgan fingerprint density at radius 2 is 1.89 bits per heavy atom. The molecule has 0 fully saturated rings. The number of nitrogens with one attached hydrogen (secondary N) is 2. The Bertz CT molecular complexity index is 944. The Morgan fingerprint density at radius 1 is 1.11 bits per heavy atom. The summed E-state index contributed by atoms with van der Waals surface area (Å²) in [6, 6.07) is 3.15. The highest BCUT2D eigenvalue weighted by Crippen LogP contribution is 2.30. The van der Waals surface area contributed by atoms with Gasteiger partial charge in [0, 0.05) is 24.4 Å². The predicted octanol–water partition coefficient (Wildman–Crippen LogP) is 3.31. The number of hydrogen-bond donors (Lipinski definition) is 3. The second-order valence-electron chi connectivity index (χ2n) is 6.02. The first kappa shape index (κ1) is 18.4. The molecule has 27 heavy (non-hydrogen) atoms. The molecule has 0 bridgehead atoms. The quantitative estimate of drug-likeness (QED) is 0.593. The van der Waals surface area contributed by atoms with Gasteiger partial charge in [-0.3, -0.25) is 0 Å². The van der Waals surface area contributed by atoms with Gasteiger partial charge in [-0.25, -0.2) is 23.7 Å². The van der Waals surface area contributed by atoms with Gasteiger partial charge in [0.05, 0.1) is 11.3 Å². The van der Waals surface area contributed by atoms with Crippen molar-refractivity contribution in [2.75, 3.05) is 16.4 Å². The van der Waals surface area contributed by atoms with Crippen LogP contribution in [0.5, 0.6) is 0 Å². The van der Waals surface area contributed by atoms with E-state index in [1.54, 1.807) is 19.2 Å². The van der Waals surface area contributed by atoms with Crippen molar-refractivity contribution < 1.29 is 13.3 Å². The van der Waals surface area contributed by atoms with E-state index in [-0.39, 0.29) is 17.7 Å². The molecule has 0 aliphatic heterocycles. The summed E-state index contributed by atoms with van der Waals surface area (Å²) in [7, 11) is 0. The normalized spacial score (nSPS) is 11.2. The fourth-order valence-electron chi connectivity index (χ4n) is 2.31. The van der Waals surface area contributed by atoms with Crippen LogP contribution in [0.15, 0.2) is 22.9 Å². The van der Waals surface area contributed by atoms with Crippen LogP contribution in [-0.2, 0) is 0 Å². The van der Waals surface area contributed by atoms with E-state index in [0.717, 1.165) is 0 Å². The van der Waals surface area contributed by atoms with Crippen LogP contribution in [0.1, 0.15) is 31.9 Å². The first-order valence-electron chi connectivity index (χ1n) is 8.08. The smallest absolute Gasteiger partial charge is 0.297 e. The van der Waals surface area contributed by atoms with Crippen LogP contribution in [0.3, 0.4) is 0 Å². The molecule has 3 aromatic rings. The average molecular weight is 376 g/mol. The highest BCUT2D eigenvalue weighted by atomic mass is 19.3. The minimum absolute atomic E-state index is 0.0683. The molecule has 142 valence electrons. The number of halogens is 2. The van der Waals surface area contributed by atoms with Gasteiger partial charge in [-0.1, -0.05) is 5.16 Å². The summed E-state index contributed by atoms with van der Waals surface area (Å²) in [5.41, 5.74) is 6.86. The number of nitrogens with two attached hydrogens (primary N) is 1. The maximum atomic E-state index is 12.9. The number of hydrogen-bond acceptors (Lipinski definition) is 9. The highest BCUT2D eigenvalue weighted by molar-refractivity contribution is 5.75. The largest absolute Gasteiger partial charge is 0.384 e. The maximum Gasteiger partial charge on any atom is 0.297 e. The van der Waals surface area contributed by atoms with Crippen LogP contribution in [0.2, 0.25) is 0 Å². The molecule has 0 radical (unpaired) electrons. The summed E-state index contributed by atoms with van der Waals surface area (Å²) in [5.74, 6) is 0.579. The SMILES string of the molecule is Cc1noc(-c2cnc(Nc3cc(N)nc(C(F)F)n3)cc2NC(C)C)n1. The Labute approximate surface area is 153 Å². The molecule has 0 aromatic carbocycles. The molecule has 4 N–H and O–H groups in total. The highest BCUT2D eigenvalue weighted by Gasteiger charge is 2.16. The lowest BCUT2D eigenvalue weighted by atomic mass is 10.2. The van der Waals surface area contributed by atoms with Gasteiger partial charge in [0.1, 0.15) is 17.5 Å². The van der Waals surface area contributed by atoms with Crippen molar-refractivity contribution in [2.45, 2.75) is 33.2 Å². The second kappa shape index (κ2) is 7.48. The minimum Gasteiger partial charge on any atom is -0.384 e. The lowest BCUT2D eigenvalue weighted by molar-refractivity contribution is 0.140. The number of rotatable bonds is 6. The summed E-state index contributed by atoms with van der Waals surface area (Å²) in [4.78, 5) is 15.7. The lowest BCUT2D eigenvalue weighted by Gasteiger charge is -2.14. The zero-order valence-electron chi connectivity index (χ0n) is 14.9. The van der Waals surface area contributed by atoms with Crippen molar-refractivity contribution in [2.24, 2.45) is 0 Å². The third-order valence-corrected chi connectivity index (χ3v) is 3.32. The van der Waals surface area contributed by atoms with Crippen LogP contribution in [-0.4, -0.2) is 31.1 Å². The molecule has 0 aliphatic rings. The molecule has 3 aromatic heterocycles. The second-order valence-corrected chi connectivity index (χ2v) is 6.02. The zero-order chi connectivity index (χ0) is 19.6. The first-order chi connectivity index (χ1) is 12.8. The van der Waals surface area contributed by atoms with E-state index < -0.39 is 12.2 Å². The maximum absolute atomic E-state index is 12.9. The van der Waals surface area contributed by atoms with E-state index >= 15 is 0 Å². The fraction of sp³-hybridized carbons (Fsp3) is 0.312. The molecule has 0 saturated carbocycles. The number of anilines is 4. The molecule has 0 amide bonds. The number of pyridine rings is 1. The zero-order valence-corrected chi connectivity index (χ0v) is 14.9. The van der Waals surface area contributed by atoms with Gasteiger partial charge < -0.3 is 20.9 Å². The van der Waals surface area contributed by atoms with Crippen molar-refractivity contribution in [3.05, 3.63) is 30.0 Å². The van der Waals surface area contributed by atoms with E-state index in [1.165, 1.54) is 6.07 Å². The third kappa shape index (κ3) is 4.43. The van der Waals surface area contributed by atoms with Crippen molar-refractivity contribution in [3.8, 4) is 11.5 Å². The van der Waals surface area contributed by atoms with Gasteiger partial charge in [0.15, 0.2) is 11.6 Å². The van der Waals surface area contributed by atoms with Crippen LogP contribution in [0.25, 0.3) is 11.5 Å². The first-order valence-corrected chi connectivity index (χ1v) is 8.08. The Balaban J connectivity index is 1.95. The van der Waals surface area contributed by atoms with Crippen molar-refractivity contribution in [1.29, 1.82) is 0 Å². The molecule has 0 aliphatic carbocycles. The molecule has 0 atom stereocenters. The Morgan fingerprint density at radius 3 is 2.52 bits per heavy atom. The van der Waals surface area contributed by atoms with E-state index in [0.29, 0.717) is 28.8 Å². The van der Waals surface area contributed by atoms with Gasteiger partial charge in [0.2, 0.25) is 0 Å². The van der Waals surface area contributed by atoms with E-state index in [4.69, 9.17) is 10.3 Å². The summed E-state index contributed by atoms with van der Waals surface area (Å²) in [5, 5.41) is 9.90. The summed E-state index contributed by atoms with van der Waals surface area (Å²) >= 11 is 0. The molecule has 3 rings (SSSR count). The van der Waals surface area contributed by atoms with Crippen LogP contribution in [0, 0.1) is 6.92 Å². The Kier molecular flexibility index (Phi) is 5.10. The third-order valence-electron chi connectivity index (χ3n) is 3.32. The Hall–Kier alpha value is -3.37. The summed E-state index contributed by atoms with van der Waals surface area (Å²) in [6.07, 6.45) is -1.29. The molecule has 0 unspecified atom stereocenters. The van der Waals surface area contributed by atoms with Gasteiger partial charge in [-0.05, 0) is 20.8 Å². The van der Waals surface area contributed by atoms with E-state index in [1.807, 2.05) is 13.8 Å². The van der Waals surface area contributed by atoms with Crippen LogP contribution in [0.4, 0.5) is 31.9 Å². The van der Waals surface area contributed by atoms with E-state index in [2.05, 4.69) is 35.7 Å². The number of aryl methyl sites for hydroxylation is 1. The number of nitrogen functional groups attached to an aromatic ring is 1. The number of alkyl halides is 2. The van der Waals surface area contributed by atoms with Crippen LogP contribution < -0.4 is 16.4 Å². The molecule has 11 heteroatoms. The van der Waals surface area contributed by atoms with Crippen molar-refractivity contribution in [1.82, 2.24) is 25.1 Å². The van der Waals surface area contributed by atoms with Crippen molar-refractivity contribution in [3.63, 3.8) is 0 Å². The molecule has 0 saturated heterocycles. The van der Waals surface area contributed by atoms with Gasteiger partial charge in [-0.2, -0.15) is 4.98 Å². The summed E-state index contributed by atoms with van der Waals surface area (Å²) < 4.78 is 30.9. The van der Waals surface area contributed by atoms with E-state index in [9.17, 15) is 8.78 Å². The monoisotopic (exact) mass is 376 g/mol. The predicted molar refractivity (Wildman–Crippen MR) is 95.7 cm³/mol. The fourth-order valence-corrected chi connectivity index (χ4v) is 2.31. The lowest BCUT2D eigenvalue weighted by Crippen LogP contribution is -2.11. The molecule has 3 heterocycles. The molecule has 9 nitrogen and oxygen atoms in total. The average Bonchev–Trinajstić information content (AvgIpc) is 3.00. The van der Waals surface area contributed by atoms with Crippen LogP contribution >= 0.6 is 0 Å². The molecular weight excluding hydrogens is 358 g/mol. The molecular formula is C16H18F2N8O. The number of nitrogens with zero attached hydrogens (tertiary/aromatic N) is 5.